The highest BCUT2D eigenvalue weighted by Gasteiger charge is 2.16. The Labute approximate surface area is 155 Å². The van der Waals surface area contributed by atoms with Gasteiger partial charge in [-0.3, -0.25) is 0 Å². The molecule has 0 amide bonds. The summed E-state index contributed by atoms with van der Waals surface area (Å²) in [7, 11) is 1.94. The molecule has 6 heteroatoms. The van der Waals surface area contributed by atoms with Gasteiger partial charge in [0.1, 0.15) is 5.75 Å². The predicted octanol–water partition coefficient (Wildman–Crippen LogP) is 4.40. The van der Waals surface area contributed by atoms with E-state index in [1.165, 1.54) is 11.8 Å². The molecular weight excluding hydrogens is 344 g/mol. The van der Waals surface area contributed by atoms with Gasteiger partial charge in [0.25, 0.3) is 0 Å². The van der Waals surface area contributed by atoms with Crippen molar-refractivity contribution < 1.29 is 5.11 Å². The van der Waals surface area contributed by atoms with Crippen molar-refractivity contribution in [2.24, 2.45) is 7.05 Å². The zero-order valence-corrected chi connectivity index (χ0v) is 14.9. The number of rotatable bonds is 4. The minimum atomic E-state index is 0.187. The predicted molar refractivity (Wildman–Crippen MR) is 102 cm³/mol. The Hall–Kier alpha value is -3.12. The van der Waals surface area contributed by atoms with E-state index in [9.17, 15) is 5.11 Å². The molecule has 0 fully saturated rings. The molecule has 1 N–H and O–H groups in total. The van der Waals surface area contributed by atoms with Crippen molar-refractivity contribution in [2.45, 2.75) is 10.1 Å². The first-order valence-corrected chi connectivity index (χ1v) is 8.90. The molecule has 4 rings (SSSR count). The number of nitrogens with zero attached hydrogens (tertiary/aromatic N) is 4. The molecule has 0 unspecified atom stereocenters. The number of aromatic hydroxyl groups is 1. The van der Waals surface area contributed by atoms with E-state index in [4.69, 9.17) is 4.98 Å². The molecule has 0 radical (unpaired) electrons. The third-order valence-electron chi connectivity index (χ3n) is 3.92. The Kier molecular flexibility index (Phi) is 4.41. The first-order chi connectivity index (χ1) is 12.7. The van der Waals surface area contributed by atoms with E-state index < -0.39 is 0 Å². The molecule has 0 aliphatic heterocycles. The quantitative estimate of drug-likeness (QED) is 0.584. The minimum absolute atomic E-state index is 0.187. The van der Waals surface area contributed by atoms with Gasteiger partial charge in [-0.25, -0.2) is 15.0 Å². The number of imidazole rings is 1. The molecule has 2 aromatic heterocycles. The average molecular weight is 360 g/mol. The van der Waals surface area contributed by atoms with Crippen LogP contribution >= 0.6 is 11.8 Å². The van der Waals surface area contributed by atoms with Crippen LogP contribution in [0.25, 0.3) is 22.6 Å². The van der Waals surface area contributed by atoms with Crippen LogP contribution in [0.4, 0.5) is 0 Å². The normalized spacial score (nSPS) is 10.8. The number of hydrogen-bond donors (Lipinski definition) is 1. The van der Waals surface area contributed by atoms with Crippen LogP contribution in [0.1, 0.15) is 0 Å². The van der Waals surface area contributed by atoms with E-state index in [2.05, 4.69) is 9.97 Å². The molecule has 0 aliphatic carbocycles. The summed E-state index contributed by atoms with van der Waals surface area (Å²) in [6, 6.07) is 17.0. The molecule has 0 bridgehead atoms. The first kappa shape index (κ1) is 16.4. The van der Waals surface area contributed by atoms with Crippen molar-refractivity contribution in [3.8, 4) is 28.4 Å². The second-order valence-corrected chi connectivity index (χ2v) is 6.72. The minimum Gasteiger partial charge on any atom is -0.507 e. The van der Waals surface area contributed by atoms with Gasteiger partial charge in [0.2, 0.25) is 0 Å². The number of phenols is 1. The lowest BCUT2D eigenvalue weighted by Crippen LogP contribution is -1.96. The van der Waals surface area contributed by atoms with E-state index in [-0.39, 0.29) is 5.75 Å². The van der Waals surface area contributed by atoms with Crippen molar-refractivity contribution in [2.75, 3.05) is 0 Å². The lowest BCUT2D eigenvalue weighted by atomic mass is 10.1. The van der Waals surface area contributed by atoms with E-state index >= 15 is 0 Å². The Bertz CT molecular complexity index is 1050. The van der Waals surface area contributed by atoms with Crippen LogP contribution in [0.2, 0.25) is 0 Å². The summed E-state index contributed by atoms with van der Waals surface area (Å²) in [5.74, 6) is 0.806. The Morgan fingerprint density at radius 2 is 1.73 bits per heavy atom. The van der Waals surface area contributed by atoms with Gasteiger partial charge in [0.05, 0.1) is 10.6 Å². The molecule has 0 spiro atoms. The van der Waals surface area contributed by atoms with E-state index in [1.54, 1.807) is 24.5 Å². The monoisotopic (exact) mass is 360 g/mol. The Morgan fingerprint density at radius 1 is 0.962 bits per heavy atom. The largest absolute Gasteiger partial charge is 0.507 e. The van der Waals surface area contributed by atoms with Crippen LogP contribution in [-0.4, -0.2) is 24.6 Å². The first-order valence-electron chi connectivity index (χ1n) is 8.08. The number of benzene rings is 2. The molecule has 2 heterocycles. The van der Waals surface area contributed by atoms with Crippen molar-refractivity contribution in [3.63, 3.8) is 0 Å². The van der Waals surface area contributed by atoms with Crippen molar-refractivity contribution in [3.05, 3.63) is 73.2 Å². The summed E-state index contributed by atoms with van der Waals surface area (Å²) < 4.78 is 1.93. The standard InChI is InChI=1S/C20H16N4OS/c1-24-12-11-21-20(24)26-17-13-22-19(14-7-3-2-4-8-14)23-18(17)15-9-5-6-10-16(15)25/h2-13,25H,1H3. The fraction of sp³-hybridized carbons (Fsp3) is 0.0500. The van der Waals surface area contributed by atoms with Crippen molar-refractivity contribution in [1.29, 1.82) is 0 Å². The SMILES string of the molecule is Cn1ccnc1Sc1cnc(-c2ccccc2)nc1-c1ccccc1O. The molecule has 26 heavy (non-hydrogen) atoms. The number of para-hydroxylation sites is 1. The van der Waals surface area contributed by atoms with Gasteiger partial charge >= 0.3 is 0 Å². The maximum absolute atomic E-state index is 10.3. The molecule has 128 valence electrons. The van der Waals surface area contributed by atoms with Gasteiger partial charge in [0, 0.05) is 36.8 Å². The zero-order valence-electron chi connectivity index (χ0n) is 14.1. The van der Waals surface area contributed by atoms with Crippen LogP contribution < -0.4 is 0 Å². The van der Waals surface area contributed by atoms with Crippen LogP contribution in [-0.2, 0) is 7.05 Å². The third-order valence-corrected chi connectivity index (χ3v) is 5.02. The van der Waals surface area contributed by atoms with Crippen molar-refractivity contribution >= 4 is 11.8 Å². The van der Waals surface area contributed by atoms with Gasteiger partial charge in [-0.2, -0.15) is 0 Å². The van der Waals surface area contributed by atoms with E-state index in [0.29, 0.717) is 17.1 Å². The Morgan fingerprint density at radius 3 is 2.46 bits per heavy atom. The smallest absolute Gasteiger partial charge is 0.172 e. The highest BCUT2D eigenvalue weighted by Crippen LogP contribution is 2.37. The highest BCUT2D eigenvalue weighted by molar-refractivity contribution is 7.99. The lowest BCUT2D eigenvalue weighted by molar-refractivity contribution is 0.477. The Balaban J connectivity index is 1.86. The van der Waals surface area contributed by atoms with Gasteiger partial charge in [-0.1, -0.05) is 42.5 Å². The number of aryl methyl sites for hydroxylation is 1. The third kappa shape index (κ3) is 3.19. The average Bonchev–Trinajstić information content (AvgIpc) is 3.08. The highest BCUT2D eigenvalue weighted by atomic mass is 32.2. The zero-order chi connectivity index (χ0) is 17.9. The number of aromatic nitrogens is 4. The van der Waals surface area contributed by atoms with Crippen LogP contribution in [0.15, 0.2) is 83.2 Å². The summed E-state index contributed by atoms with van der Waals surface area (Å²) in [4.78, 5) is 14.5. The van der Waals surface area contributed by atoms with Crippen LogP contribution in [0, 0.1) is 0 Å². The fourth-order valence-corrected chi connectivity index (χ4v) is 3.46. The fourth-order valence-electron chi connectivity index (χ4n) is 2.59. The summed E-state index contributed by atoms with van der Waals surface area (Å²) in [6.45, 7) is 0. The van der Waals surface area contributed by atoms with Crippen LogP contribution in [0.3, 0.4) is 0 Å². The summed E-state index contributed by atoms with van der Waals surface area (Å²) in [5, 5.41) is 11.2. The van der Waals surface area contributed by atoms with Crippen LogP contribution in [0.5, 0.6) is 5.75 Å². The molecule has 2 aromatic carbocycles. The second-order valence-electron chi connectivity index (χ2n) is 5.71. The summed E-state index contributed by atoms with van der Waals surface area (Å²) in [5.41, 5.74) is 2.28. The molecule has 0 saturated carbocycles. The number of hydrogen-bond acceptors (Lipinski definition) is 5. The molecule has 5 nitrogen and oxygen atoms in total. The van der Waals surface area contributed by atoms with E-state index in [1.807, 2.05) is 60.3 Å². The van der Waals surface area contributed by atoms with Gasteiger partial charge < -0.3 is 9.67 Å². The maximum Gasteiger partial charge on any atom is 0.172 e. The lowest BCUT2D eigenvalue weighted by Gasteiger charge is -2.11. The number of phenolic OH excluding ortho intramolecular Hbond substituents is 1. The van der Waals surface area contributed by atoms with Gasteiger partial charge in [-0.15, -0.1) is 0 Å². The molecular formula is C20H16N4OS. The maximum atomic E-state index is 10.3. The molecule has 0 saturated heterocycles. The summed E-state index contributed by atoms with van der Waals surface area (Å²) in [6.07, 6.45) is 5.43. The molecule has 4 aromatic rings. The summed E-state index contributed by atoms with van der Waals surface area (Å²) >= 11 is 1.47. The van der Waals surface area contributed by atoms with Gasteiger partial charge in [0.15, 0.2) is 11.0 Å². The van der Waals surface area contributed by atoms with E-state index in [0.717, 1.165) is 15.6 Å². The molecule has 0 aliphatic rings. The molecule has 0 atom stereocenters. The van der Waals surface area contributed by atoms with Gasteiger partial charge in [-0.05, 0) is 23.9 Å². The van der Waals surface area contributed by atoms with Crippen molar-refractivity contribution in [1.82, 2.24) is 19.5 Å². The second kappa shape index (κ2) is 7.01. The topological polar surface area (TPSA) is 63.8 Å².